The minimum atomic E-state index is -1.57. The number of nitrogens with one attached hydrogen (secondary N) is 1. The van der Waals surface area contributed by atoms with Crippen molar-refractivity contribution >= 4 is 23.6 Å². The summed E-state index contributed by atoms with van der Waals surface area (Å²) in [4.78, 5) is 51.6. The van der Waals surface area contributed by atoms with Gasteiger partial charge in [-0.2, -0.15) is 0 Å². The monoisotopic (exact) mass is 556 g/mol. The zero-order valence-electron chi connectivity index (χ0n) is 15.1. The van der Waals surface area contributed by atoms with Crippen LogP contribution in [-0.2, 0) is 36.3 Å². The van der Waals surface area contributed by atoms with Crippen LogP contribution in [0.2, 0.25) is 0 Å². The molecule has 4 amide bonds. The predicted molar refractivity (Wildman–Crippen MR) is 92.1 cm³/mol. The third-order valence-electron chi connectivity index (χ3n) is 5.61. The molecule has 0 saturated carbocycles. The van der Waals surface area contributed by atoms with E-state index >= 15 is 4.39 Å². The Bertz CT molecular complexity index is 867. The Morgan fingerprint density at radius 3 is 2.36 bits per heavy atom. The van der Waals surface area contributed by atoms with Crippen LogP contribution in [0.15, 0.2) is 18.2 Å². The van der Waals surface area contributed by atoms with Crippen LogP contribution < -0.4 is 5.32 Å². The first-order chi connectivity index (χ1) is 12.8. The normalized spacial score (nSPS) is 24.6. The maximum absolute atomic E-state index is 15.4. The molecule has 4 rings (SSSR count). The smallest absolute Gasteiger partial charge is 0.262 e. The standard InChI is InChI=1S/C19H19FN3O4.W/c1-22-8-6-19(20,7-9-22)11-2-3-12-13(10-11)18(27)23(17(12)26)14-4-5-15(24)21-16(14)25;/h2-3,10,14H,1,4-9H2,(H,21,24,25);/q-1;. The number of imide groups is 2. The van der Waals surface area contributed by atoms with Gasteiger partial charge in [-0.05, 0) is 50.0 Å². The van der Waals surface area contributed by atoms with Crippen molar-refractivity contribution in [1.29, 1.82) is 0 Å². The molecular weight excluding hydrogens is 537 g/mol. The summed E-state index contributed by atoms with van der Waals surface area (Å²) in [5, 5.41) is 2.15. The van der Waals surface area contributed by atoms with E-state index in [9.17, 15) is 19.2 Å². The van der Waals surface area contributed by atoms with Gasteiger partial charge in [0.05, 0.1) is 11.1 Å². The Balaban J connectivity index is 0.00000225. The summed E-state index contributed by atoms with van der Waals surface area (Å²) in [5.41, 5.74) is -0.947. The molecule has 2 fully saturated rings. The fraction of sp³-hybridized carbons (Fsp3) is 0.421. The molecular formula is C19H19FN3O4W-. The number of likely N-dealkylation sites (tertiary alicyclic amines) is 1. The number of alkyl halides is 1. The van der Waals surface area contributed by atoms with Crippen molar-refractivity contribution in [2.24, 2.45) is 0 Å². The Morgan fingerprint density at radius 1 is 1.07 bits per heavy atom. The van der Waals surface area contributed by atoms with Crippen LogP contribution in [0, 0.1) is 7.05 Å². The van der Waals surface area contributed by atoms with Crippen LogP contribution in [-0.4, -0.2) is 52.6 Å². The summed E-state index contributed by atoms with van der Waals surface area (Å²) in [6.07, 6.45) is 0.669. The quantitative estimate of drug-likeness (QED) is 0.437. The second kappa shape index (κ2) is 7.48. The van der Waals surface area contributed by atoms with E-state index in [0.29, 0.717) is 18.7 Å². The predicted octanol–water partition coefficient (Wildman–Crippen LogP) is 1.14. The van der Waals surface area contributed by atoms with Gasteiger partial charge in [0.1, 0.15) is 11.7 Å². The number of hydrogen-bond acceptors (Lipinski definition) is 5. The zero-order chi connectivity index (χ0) is 19.3. The molecule has 3 heterocycles. The summed E-state index contributed by atoms with van der Waals surface area (Å²) >= 11 is 0. The molecule has 3 aliphatic rings. The average Bonchev–Trinajstić information content (AvgIpc) is 2.89. The Hall–Kier alpha value is -1.92. The maximum atomic E-state index is 15.4. The number of benzene rings is 1. The van der Waals surface area contributed by atoms with E-state index < -0.39 is 35.3 Å². The number of rotatable bonds is 2. The van der Waals surface area contributed by atoms with Gasteiger partial charge in [0.15, 0.2) is 0 Å². The van der Waals surface area contributed by atoms with Gasteiger partial charge in [-0.3, -0.25) is 36.4 Å². The summed E-state index contributed by atoms with van der Waals surface area (Å²) < 4.78 is 15.4. The molecule has 7 nitrogen and oxygen atoms in total. The minimum absolute atomic E-state index is 0. The van der Waals surface area contributed by atoms with Gasteiger partial charge in [0, 0.05) is 27.5 Å². The molecule has 1 aromatic carbocycles. The van der Waals surface area contributed by atoms with Crippen LogP contribution in [0.4, 0.5) is 4.39 Å². The summed E-state index contributed by atoms with van der Waals surface area (Å²) in [5.74, 6) is -2.29. The van der Waals surface area contributed by atoms with Gasteiger partial charge < -0.3 is 4.90 Å². The van der Waals surface area contributed by atoms with E-state index in [1.54, 1.807) is 4.90 Å². The van der Waals surface area contributed by atoms with Crippen molar-refractivity contribution in [1.82, 2.24) is 15.1 Å². The van der Waals surface area contributed by atoms with Crippen LogP contribution in [0.5, 0.6) is 0 Å². The largest absolute Gasteiger partial charge is 0.459 e. The van der Waals surface area contributed by atoms with Crippen molar-refractivity contribution in [2.75, 3.05) is 13.1 Å². The molecule has 28 heavy (non-hydrogen) atoms. The molecule has 0 bridgehead atoms. The first-order valence-corrected chi connectivity index (χ1v) is 8.91. The van der Waals surface area contributed by atoms with Crippen LogP contribution in [0.25, 0.3) is 0 Å². The topological polar surface area (TPSA) is 86.8 Å². The number of fused-ring (bicyclic) bond motifs is 1. The fourth-order valence-electron chi connectivity index (χ4n) is 3.95. The van der Waals surface area contributed by atoms with Crippen molar-refractivity contribution < 1.29 is 44.6 Å². The number of nitrogens with zero attached hydrogens (tertiary/aromatic N) is 2. The number of piperidine rings is 2. The van der Waals surface area contributed by atoms with Crippen LogP contribution in [0.3, 0.4) is 0 Å². The van der Waals surface area contributed by atoms with Gasteiger partial charge in [0.25, 0.3) is 11.8 Å². The van der Waals surface area contributed by atoms with Crippen LogP contribution in [0.1, 0.15) is 52.0 Å². The van der Waals surface area contributed by atoms with E-state index in [0.717, 1.165) is 4.90 Å². The van der Waals surface area contributed by atoms with E-state index in [1.165, 1.54) is 18.2 Å². The number of amides is 4. The van der Waals surface area contributed by atoms with Crippen LogP contribution >= 0.6 is 0 Å². The maximum Gasteiger partial charge on any atom is 0.262 e. The molecule has 1 N–H and O–H groups in total. The molecule has 0 aromatic heterocycles. The van der Waals surface area contributed by atoms with Gasteiger partial charge >= 0.3 is 0 Å². The molecule has 9 heteroatoms. The SMILES string of the molecule is [CH2-]N1CCC(F)(c2ccc3c(c2)C(=O)N(C2CCC(=O)NC2=O)C3=O)CC1.[W]. The van der Waals surface area contributed by atoms with Crippen molar-refractivity contribution in [2.45, 2.75) is 37.4 Å². The zero-order valence-corrected chi connectivity index (χ0v) is 18.0. The van der Waals surface area contributed by atoms with E-state index in [2.05, 4.69) is 12.4 Å². The first-order valence-electron chi connectivity index (χ1n) is 8.91. The first kappa shape index (κ1) is 20.8. The number of carbonyl (C=O) groups is 4. The molecule has 1 aromatic rings. The van der Waals surface area contributed by atoms with Gasteiger partial charge in [0.2, 0.25) is 11.8 Å². The molecule has 1 atom stereocenters. The Kier molecular flexibility index (Phi) is 5.56. The molecule has 1 unspecified atom stereocenters. The van der Waals surface area contributed by atoms with Gasteiger partial charge in [-0.25, -0.2) is 4.39 Å². The average molecular weight is 556 g/mol. The van der Waals surface area contributed by atoms with Gasteiger partial charge in [-0.1, -0.05) is 6.07 Å². The molecule has 148 valence electrons. The van der Waals surface area contributed by atoms with Crippen molar-refractivity contribution in [3.8, 4) is 0 Å². The number of hydrogen-bond donors (Lipinski definition) is 1. The second-order valence-corrected chi connectivity index (χ2v) is 7.29. The third kappa shape index (κ3) is 3.33. The summed E-state index contributed by atoms with van der Waals surface area (Å²) in [6, 6.07) is 3.40. The van der Waals surface area contributed by atoms with E-state index in [-0.39, 0.29) is 57.9 Å². The van der Waals surface area contributed by atoms with Crippen molar-refractivity contribution in [3.63, 3.8) is 0 Å². The van der Waals surface area contributed by atoms with Crippen molar-refractivity contribution in [3.05, 3.63) is 41.9 Å². The molecule has 0 spiro atoms. The van der Waals surface area contributed by atoms with E-state index in [4.69, 9.17) is 0 Å². The molecule has 3 aliphatic heterocycles. The number of halogens is 1. The minimum Gasteiger partial charge on any atom is -0.459 e. The van der Waals surface area contributed by atoms with E-state index in [1.807, 2.05) is 0 Å². The van der Waals surface area contributed by atoms with Gasteiger partial charge in [-0.15, -0.1) is 0 Å². The number of carbonyl (C=O) groups excluding carboxylic acids is 4. The Labute approximate surface area is 175 Å². The molecule has 0 aliphatic carbocycles. The summed E-state index contributed by atoms with van der Waals surface area (Å²) in [7, 11) is 3.81. The molecule has 0 radical (unpaired) electrons. The fourth-order valence-corrected chi connectivity index (χ4v) is 3.95. The molecule has 2 saturated heterocycles. The third-order valence-corrected chi connectivity index (χ3v) is 5.61. The summed E-state index contributed by atoms with van der Waals surface area (Å²) in [6.45, 7) is 1.01. The Morgan fingerprint density at radius 2 is 1.71 bits per heavy atom. The second-order valence-electron chi connectivity index (χ2n) is 7.29.